The van der Waals surface area contributed by atoms with Crippen molar-refractivity contribution in [2.75, 3.05) is 0 Å². The fourth-order valence-electron chi connectivity index (χ4n) is 3.08. The number of nitrogens with zero attached hydrogens (tertiary/aromatic N) is 1. The second-order valence-electron chi connectivity index (χ2n) is 6.36. The lowest BCUT2D eigenvalue weighted by Gasteiger charge is -2.07. The Bertz CT molecular complexity index is 1220. The van der Waals surface area contributed by atoms with Gasteiger partial charge in [-0.1, -0.05) is 24.6 Å². The number of aromatic nitrogens is 1. The van der Waals surface area contributed by atoms with Crippen LogP contribution in [0.1, 0.15) is 22.8 Å². The van der Waals surface area contributed by atoms with Crippen LogP contribution in [0.25, 0.3) is 33.7 Å². The third-order valence-electron chi connectivity index (χ3n) is 4.57. The van der Waals surface area contributed by atoms with Gasteiger partial charge in [0.2, 0.25) is 0 Å². The molecule has 4 aromatic rings. The predicted octanol–water partition coefficient (Wildman–Crippen LogP) is 6.84. The first kappa shape index (κ1) is 18.7. The maximum atomic E-state index is 11.8. The van der Waals surface area contributed by atoms with E-state index in [0.29, 0.717) is 33.1 Å². The highest BCUT2D eigenvalue weighted by molar-refractivity contribution is 9.10. The van der Waals surface area contributed by atoms with Gasteiger partial charge in [-0.2, -0.15) is 0 Å². The van der Waals surface area contributed by atoms with Gasteiger partial charge >= 0.3 is 5.97 Å². The minimum absolute atomic E-state index is 0.211. The summed E-state index contributed by atoms with van der Waals surface area (Å²) in [5.74, 6) is 0.160. The van der Waals surface area contributed by atoms with Gasteiger partial charge in [0.25, 0.3) is 0 Å². The molecule has 0 spiro atoms. The monoisotopic (exact) mass is 455 g/mol. The minimum atomic E-state index is -0.990. The number of aromatic carboxylic acids is 1. The van der Waals surface area contributed by atoms with Gasteiger partial charge in [0.15, 0.2) is 5.76 Å². The van der Waals surface area contributed by atoms with Crippen molar-refractivity contribution in [3.63, 3.8) is 0 Å². The van der Waals surface area contributed by atoms with Crippen LogP contribution >= 0.6 is 27.5 Å². The molecule has 6 heteroatoms. The van der Waals surface area contributed by atoms with E-state index in [9.17, 15) is 9.90 Å². The molecule has 1 N–H and O–H groups in total. The highest BCUT2D eigenvalue weighted by Gasteiger charge is 2.16. The number of fused-ring (bicyclic) bond motifs is 1. The van der Waals surface area contributed by atoms with Crippen LogP contribution in [0.15, 0.2) is 63.5 Å². The topological polar surface area (TPSA) is 63.3 Å². The van der Waals surface area contributed by atoms with E-state index in [1.54, 1.807) is 18.2 Å². The summed E-state index contributed by atoms with van der Waals surface area (Å²) in [7, 11) is 0. The number of benzene rings is 2. The van der Waals surface area contributed by atoms with Crippen molar-refractivity contribution in [1.29, 1.82) is 0 Å². The van der Waals surface area contributed by atoms with Gasteiger partial charge in [0.05, 0.1) is 16.1 Å². The van der Waals surface area contributed by atoms with Crippen molar-refractivity contribution < 1.29 is 14.3 Å². The average Bonchev–Trinajstić information content (AvgIpc) is 3.19. The van der Waals surface area contributed by atoms with Crippen molar-refractivity contribution in [1.82, 2.24) is 4.98 Å². The normalized spacial score (nSPS) is 11.1. The first-order valence-corrected chi connectivity index (χ1v) is 9.86. The SMILES string of the molecule is CCc1ccc2nc(-c3ccc(-c4ccc(Cl)c(Br)c4)o3)cc(C(=O)O)c2c1. The van der Waals surface area contributed by atoms with E-state index in [-0.39, 0.29) is 5.56 Å². The molecule has 0 bridgehead atoms. The number of furan rings is 1. The maximum absolute atomic E-state index is 11.8. The summed E-state index contributed by atoms with van der Waals surface area (Å²) in [6.45, 7) is 2.03. The molecule has 0 saturated carbocycles. The van der Waals surface area contributed by atoms with Crippen LogP contribution in [0.2, 0.25) is 5.02 Å². The number of aryl methyl sites for hydroxylation is 1. The van der Waals surface area contributed by atoms with Gasteiger partial charge in [0.1, 0.15) is 11.5 Å². The first-order chi connectivity index (χ1) is 13.5. The van der Waals surface area contributed by atoms with Gasteiger partial charge in [-0.25, -0.2) is 9.78 Å². The van der Waals surface area contributed by atoms with Crippen LogP contribution < -0.4 is 0 Å². The van der Waals surface area contributed by atoms with E-state index < -0.39 is 5.97 Å². The summed E-state index contributed by atoms with van der Waals surface area (Å²) in [6.07, 6.45) is 0.828. The second-order valence-corrected chi connectivity index (χ2v) is 7.62. The van der Waals surface area contributed by atoms with Crippen molar-refractivity contribution in [3.05, 3.63) is 75.2 Å². The number of hydrogen-bond acceptors (Lipinski definition) is 3. The first-order valence-electron chi connectivity index (χ1n) is 8.69. The van der Waals surface area contributed by atoms with E-state index in [1.165, 1.54) is 0 Å². The molecule has 2 heterocycles. The molecule has 4 rings (SSSR count). The quantitative estimate of drug-likeness (QED) is 0.365. The van der Waals surface area contributed by atoms with Gasteiger partial charge in [-0.3, -0.25) is 0 Å². The number of carbonyl (C=O) groups is 1. The standard InChI is InChI=1S/C22H15BrClNO3/c1-2-12-3-6-18-14(9-12)15(22(26)27)11-19(25-18)21-8-7-20(28-21)13-4-5-17(24)16(23)10-13/h3-11H,2H2,1H3,(H,26,27). The Morgan fingerprint density at radius 1 is 1.11 bits per heavy atom. The number of hydrogen-bond donors (Lipinski definition) is 1. The molecule has 28 heavy (non-hydrogen) atoms. The molecule has 0 aliphatic carbocycles. The molecule has 4 nitrogen and oxygen atoms in total. The lowest BCUT2D eigenvalue weighted by molar-refractivity contribution is 0.0699. The zero-order valence-corrected chi connectivity index (χ0v) is 17.2. The Hall–Kier alpha value is -2.63. The van der Waals surface area contributed by atoms with Crippen molar-refractivity contribution in [3.8, 4) is 22.8 Å². The summed E-state index contributed by atoms with van der Waals surface area (Å²) in [4.78, 5) is 16.4. The number of carboxylic acid groups (broad SMARTS) is 1. The van der Waals surface area contributed by atoms with Crippen LogP contribution in [0.3, 0.4) is 0 Å². The van der Waals surface area contributed by atoms with E-state index in [4.69, 9.17) is 16.0 Å². The molecule has 0 aliphatic rings. The van der Waals surface area contributed by atoms with Crippen LogP contribution in [0.5, 0.6) is 0 Å². The fraction of sp³-hybridized carbons (Fsp3) is 0.0909. The average molecular weight is 457 g/mol. The maximum Gasteiger partial charge on any atom is 0.336 e. The third-order valence-corrected chi connectivity index (χ3v) is 5.79. The van der Waals surface area contributed by atoms with Gasteiger partial charge < -0.3 is 9.52 Å². The molecule has 0 fully saturated rings. The predicted molar refractivity (Wildman–Crippen MR) is 114 cm³/mol. The Balaban J connectivity index is 1.82. The molecule has 2 aromatic carbocycles. The van der Waals surface area contributed by atoms with E-state index in [1.807, 2.05) is 43.3 Å². The smallest absolute Gasteiger partial charge is 0.336 e. The number of halogens is 2. The third kappa shape index (κ3) is 3.43. The second kappa shape index (κ2) is 7.41. The van der Waals surface area contributed by atoms with Crippen molar-refractivity contribution in [2.24, 2.45) is 0 Å². The Morgan fingerprint density at radius 3 is 2.61 bits per heavy atom. The van der Waals surface area contributed by atoms with Crippen LogP contribution in [0.4, 0.5) is 0 Å². The zero-order chi connectivity index (χ0) is 19.8. The summed E-state index contributed by atoms with van der Waals surface area (Å²) in [5, 5.41) is 10.9. The van der Waals surface area contributed by atoms with Gasteiger partial charge in [-0.05, 0) is 76.4 Å². The van der Waals surface area contributed by atoms with Crippen LogP contribution in [-0.4, -0.2) is 16.1 Å². The number of carboxylic acids is 1. The molecule has 0 amide bonds. The molecular weight excluding hydrogens is 442 g/mol. The summed E-state index contributed by atoms with van der Waals surface area (Å²) in [6, 6.07) is 16.4. The van der Waals surface area contributed by atoms with E-state index in [0.717, 1.165) is 22.0 Å². The molecular formula is C22H15BrClNO3. The molecule has 2 aromatic heterocycles. The summed E-state index contributed by atoms with van der Waals surface area (Å²) >= 11 is 9.46. The Morgan fingerprint density at radius 2 is 1.89 bits per heavy atom. The summed E-state index contributed by atoms with van der Waals surface area (Å²) < 4.78 is 6.73. The molecule has 0 aliphatic heterocycles. The van der Waals surface area contributed by atoms with E-state index in [2.05, 4.69) is 20.9 Å². The highest BCUT2D eigenvalue weighted by atomic mass is 79.9. The molecule has 0 radical (unpaired) electrons. The highest BCUT2D eigenvalue weighted by Crippen LogP contribution is 2.33. The van der Waals surface area contributed by atoms with Gasteiger partial charge in [0, 0.05) is 15.4 Å². The van der Waals surface area contributed by atoms with Crippen molar-refractivity contribution in [2.45, 2.75) is 13.3 Å². The van der Waals surface area contributed by atoms with Crippen LogP contribution in [-0.2, 0) is 6.42 Å². The largest absolute Gasteiger partial charge is 0.478 e. The van der Waals surface area contributed by atoms with E-state index >= 15 is 0 Å². The molecule has 140 valence electrons. The fourth-order valence-corrected chi connectivity index (χ4v) is 3.57. The zero-order valence-electron chi connectivity index (χ0n) is 14.9. The summed E-state index contributed by atoms with van der Waals surface area (Å²) in [5.41, 5.74) is 3.24. The Kier molecular flexibility index (Phi) is 4.96. The number of rotatable bonds is 4. The Labute approximate surface area is 174 Å². The lowest BCUT2D eigenvalue weighted by atomic mass is 10.0. The lowest BCUT2D eigenvalue weighted by Crippen LogP contribution is -2.00. The van der Waals surface area contributed by atoms with Gasteiger partial charge in [-0.15, -0.1) is 0 Å². The molecule has 0 atom stereocenters. The van der Waals surface area contributed by atoms with Crippen molar-refractivity contribution >= 4 is 44.4 Å². The molecule has 0 unspecified atom stereocenters. The minimum Gasteiger partial charge on any atom is -0.478 e. The molecule has 0 saturated heterocycles. The van der Waals surface area contributed by atoms with Crippen LogP contribution in [0, 0.1) is 0 Å². The number of pyridine rings is 1.